The average molecular weight is 244 g/mol. The van der Waals surface area contributed by atoms with Crippen LogP contribution in [0.5, 0.6) is 5.88 Å². The molecule has 3 heteroatoms. The maximum absolute atomic E-state index is 6.33. The molecular weight excluding hydrogens is 224 g/mol. The average Bonchev–Trinajstić information content (AvgIpc) is 3.11. The van der Waals surface area contributed by atoms with E-state index >= 15 is 0 Å². The van der Waals surface area contributed by atoms with Crippen molar-refractivity contribution in [2.45, 2.75) is 56.6 Å². The number of fused-ring (bicyclic) bond motifs is 1. The summed E-state index contributed by atoms with van der Waals surface area (Å²) >= 11 is 0. The zero-order chi connectivity index (χ0) is 12.2. The van der Waals surface area contributed by atoms with Gasteiger partial charge in [-0.05, 0) is 56.1 Å². The Morgan fingerprint density at radius 3 is 2.89 bits per heavy atom. The standard InChI is InChI=1S/C15H20N2O/c16-13-8-15(4-1-5-15)18-14-12(13)7-11(9-17-14)6-10-2-3-10/h7,9-10,13H,1-6,8,16H2. The van der Waals surface area contributed by atoms with E-state index in [0.29, 0.717) is 0 Å². The summed E-state index contributed by atoms with van der Waals surface area (Å²) in [5.41, 5.74) is 8.82. The van der Waals surface area contributed by atoms with Crippen molar-refractivity contribution in [2.24, 2.45) is 11.7 Å². The second kappa shape index (κ2) is 3.70. The van der Waals surface area contributed by atoms with Crippen LogP contribution >= 0.6 is 0 Å². The molecule has 2 heterocycles. The Hall–Kier alpha value is -1.09. The predicted molar refractivity (Wildman–Crippen MR) is 69.4 cm³/mol. The van der Waals surface area contributed by atoms with Crippen LogP contribution in [0.4, 0.5) is 0 Å². The summed E-state index contributed by atoms with van der Waals surface area (Å²) in [6.07, 6.45) is 10.4. The van der Waals surface area contributed by atoms with Gasteiger partial charge in [-0.15, -0.1) is 0 Å². The summed E-state index contributed by atoms with van der Waals surface area (Å²) in [7, 11) is 0. The molecule has 2 N–H and O–H groups in total. The first-order valence-corrected chi connectivity index (χ1v) is 7.18. The van der Waals surface area contributed by atoms with Gasteiger partial charge in [0.15, 0.2) is 0 Å². The quantitative estimate of drug-likeness (QED) is 0.870. The summed E-state index contributed by atoms with van der Waals surface area (Å²) in [6.45, 7) is 0. The monoisotopic (exact) mass is 244 g/mol. The van der Waals surface area contributed by atoms with E-state index in [1.54, 1.807) is 0 Å². The van der Waals surface area contributed by atoms with Crippen molar-refractivity contribution in [1.82, 2.24) is 4.98 Å². The van der Waals surface area contributed by atoms with Gasteiger partial charge in [0.2, 0.25) is 5.88 Å². The number of hydrogen-bond acceptors (Lipinski definition) is 3. The summed E-state index contributed by atoms with van der Waals surface area (Å²) in [5, 5.41) is 0. The molecule has 0 aromatic carbocycles. The fourth-order valence-electron chi connectivity index (χ4n) is 3.27. The zero-order valence-corrected chi connectivity index (χ0v) is 10.7. The van der Waals surface area contributed by atoms with Crippen molar-refractivity contribution in [2.75, 3.05) is 0 Å². The third-order valence-electron chi connectivity index (χ3n) is 4.73. The van der Waals surface area contributed by atoms with Crippen LogP contribution in [0.25, 0.3) is 0 Å². The Morgan fingerprint density at radius 1 is 1.39 bits per heavy atom. The van der Waals surface area contributed by atoms with Crippen LogP contribution in [-0.4, -0.2) is 10.6 Å². The highest BCUT2D eigenvalue weighted by Gasteiger charge is 2.45. The normalized spacial score (nSPS) is 28.4. The first-order chi connectivity index (χ1) is 8.74. The molecule has 1 aromatic heterocycles. The number of rotatable bonds is 2. The molecule has 2 aliphatic carbocycles. The highest BCUT2D eigenvalue weighted by Crippen LogP contribution is 2.47. The molecule has 3 nitrogen and oxygen atoms in total. The molecule has 1 aliphatic heterocycles. The molecule has 18 heavy (non-hydrogen) atoms. The molecule has 1 aromatic rings. The van der Waals surface area contributed by atoms with Crippen molar-refractivity contribution in [3.05, 3.63) is 23.4 Å². The number of nitrogens with two attached hydrogens (primary N) is 1. The van der Waals surface area contributed by atoms with E-state index in [1.807, 2.05) is 6.20 Å². The Bertz CT molecular complexity index is 477. The first-order valence-electron chi connectivity index (χ1n) is 7.18. The van der Waals surface area contributed by atoms with Gasteiger partial charge >= 0.3 is 0 Å². The van der Waals surface area contributed by atoms with Crippen molar-refractivity contribution < 1.29 is 4.74 Å². The third-order valence-corrected chi connectivity index (χ3v) is 4.73. The van der Waals surface area contributed by atoms with E-state index < -0.39 is 0 Å². The number of pyridine rings is 1. The van der Waals surface area contributed by atoms with Crippen LogP contribution in [0.1, 0.15) is 55.7 Å². The number of aromatic nitrogens is 1. The maximum atomic E-state index is 6.33. The minimum Gasteiger partial charge on any atom is -0.471 e. The topological polar surface area (TPSA) is 48.1 Å². The Kier molecular flexibility index (Phi) is 2.22. The lowest BCUT2D eigenvalue weighted by molar-refractivity contribution is -0.0369. The number of nitrogens with zero attached hydrogens (tertiary/aromatic N) is 1. The van der Waals surface area contributed by atoms with Gasteiger partial charge in [-0.1, -0.05) is 0 Å². The summed E-state index contributed by atoms with van der Waals surface area (Å²) in [6, 6.07) is 2.34. The molecule has 1 spiro atoms. The van der Waals surface area contributed by atoms with Crippen molar-refractivity contribution in [1.29, 1.82) is 0 Å². The molecule has 0 amide bonds. The van der Waals surface area contributed by atoms with Crippen LogP contribution in [0.2, 0.25) is 0 Å². The molecule has 1 atom stereocenters. The minimum atomic E-state index is 0.0252. The second-order valence-electron chi connectivity index (χ2n) is 6.33. The first kappa shape index (κ1) is 10.8. The lowest BCUT2D eigenvalue weighted by atomic mass is 9.73. The molecule has 96 valence electrons. The largest absolute Gasteiger partial charge is 0.471 e. The Balaban J connectivity index is 1.63. The van der Waals surface area contributed by atoms with Crippen LogP contribution in [0, 0.1) is 5.92 Å². The SMILES string of the molecule is NC1CC2(CCC2)Oc2ncc(CC3CC3)cc21. The Morgan fingerprint density at radius 2 is 2.22 bits per heavy atom. The molecule has 0 radical (unpaired) electrons. The lowest BCUT2D eigenvalue weighted by Gasteiger charge is -2.46. The van der Waals surface area contributed by atoms with Gasteiger partial charge in [0.25, 0.3) is 0 Å². The summed E-state index contributed by atoms with van der Waals surface area (Å²) in [5.74, 6) is 1.69. The van der Waals surface area contributed by atoms with Gasteiger partial charge in [-0.25, -0.2) is 4.98 Å². The Labute approximate surface area is 108 Å². The minimum absolute atomic E-state index is 0.0252. The second-order valence-corrected chi connectivity index (χ2v) is 6.33. The van der Waals surface area contributed by atoms with Crippen molar-refractivity contribution in [3.8, 4) is 5.88 Å². The molecular formula is C15H20N2O. The fourth-order valence-corrected chi connectivity index (χ4v) is 3.27. The highest BCUT2D eigenvalue weighted by molar-refractivity contribution is 5.36. The van der Waals surface area contributed by atoms with Gasteiger partial charge in [0.05, 0.1) is 0 Å². The summed E-state index contributed by atoms with van der Waals surface area (Å²) < 4.78 is 6.11. The lowest BCUT2D eigenvalue weighted by Crippen LogP contribution is -2.48. The van der Waals surface area contributed by atoms with E-state index in [0.717, 1.165) is 43.0 Å². The molecule has 0 bridgehead atoms. The van der Waals surface area contributed by atoms with E-state index in [1.165, 1.54) is 24.8 Å². The molecule has 3 aliphatic rings. The maximum Gasteiger partial charge on any atom is 0.218 e. The summed E-state index contributed by atoms with van der Waals surface area (Å²) in [4.78, 5) is 4.53. The zero-order valence-electron chi connectivity index (χ0n) is 10.7. The van der Waals surface area contributed by atoms with Gasteiger partial charge in [-0.2, -0.15) is 0 Å². The third kappa shape index (κ3) is 1.72. The van der Waals surface area contributed by atoms with Crippen LogP contribution in [0.15, 0.2) is 12.3 Å². The fraction of sp³-hybridized carbons (Fsp3) is 0.667. The van der Waals surface area contributed by atoms with Crippen LogP contribution < -0.4 is 10.5 Å². The smallest absolute Gasteiger partial charge is 0.218 e. The van der Waals surface area contributed by atoms with E-state index in [-0.39, 0.29) is 11.6 Å². The highest BCUT2D eigenvalue weighted by atomic mass is 16.5. The van der Waals surface area contributed by atoms with Crippen molar-refractivity contribution in [3.63, 3.8) is 0 Å². The number of hydrogen-bond donors (Lipinski definition) is 1. The molecule has 2 saturated carbocycles. The molecule has 0 saturated heterocycles. The van der Waals surface area contributed by atoms with Crippen LogP contribution in [-0.2, 0) is 6.42 Å². The molecule has 4 rings (SSSR count). The molecule has 2 fully saturated rings. The van der Waals surface area contributed by atoms with Gasteiger partial charge < -0.3 is 10.5 Å². The van der Waals surface area contributed by atoms with Crippen LogP contribution in [0.3, 0.4) is 0 Å². The van der Waals surface area contributed by atoms with E-state index in [2.05, 4.69) is 11.1 Å². The predicted octanol–water partition coefficient (Wildman–Crippen LogP) is 2.74. The number of ether oxygens (including phenoxy) is 1. The van der Waals surface area contributed by atoms with Gasteiger partial charge in [0.1, 0.15) is 5.60 Å². The van der Waals surface area contributed by atoms with Crippen molar-refractivity contribution >= 4 is 0 Å². The van der Waals surface area contributed by atoms with Gasteiger partial charge in [0, 0.05) is 24.2 Å². The molecule has 1 unspecified atom stereocenters. The van der Waals surface area contributed by atoms with E-state index in [4.69, 9.17) is 10.5 Å². The van der Waals surface area contributed by atoms with Gasteiger partial charge in [-0.3, -0.25) is 0 Å². The van der Waals surface area contributed by atoms with E-state index in [9.17, 15) is 0 Å².